The second kappa shape index (κ2) is 25.3. The van der Waals surface area contributed by atoms with Crippen LogP contribution in [0, 0.1) is 11.8 Å². The van der Waals surface area contributed by atoms with Gasteiger partial charge in [0.15, 0.2) is 0 Å². The predicted molar refractivity (Wildman–Crippen MR) is 296 cm³/mol. The van der Waals surface area contributed by atoms with E-state index in [0.29, 0.717) is 100 Å². The second-order valence-corrected chi connectivity index (χ2v) is 21.4. The van der Waals surface area contributed by atoms with E-state index in [0.717, 1.165) is 91.4 Å². The van der Waals surface area contributed by atoms with E-state index in [2.05, 4.69) is 69.4 Å². The molecule has 2 saturated heterocycles. The fraction of sp³-hybridized carbons (Fsp3) is 0.500. The Morgan fingerprint density at radius 1 is 0.584 bits per heavy atom. The van der Waals surface area contributed by atoms with E-state index in [9.17, 15) is 28.8 Å². The molecule has 414 valence electrons. The van der Waals surface area contributed by atoms with Gasteiger partial charge in [0.1, 0.15) is 28.3 Å². The van der Waals surface area contributed by atoms with E-state index in [-0.39, 0.29) is 18.2 Å². The van der Waals surface area contributed by atoms with E-state index in [1.807, 2.05) is 9.13 Å². The second-order valence-electron chi connectivity index (χ2n) is 21.4. The molecule has 0 saturated carbocycles. The number of rotatable bonds is 24. The first-order chi connectivity index (χ1) is 37.0. The quantitative estimate of drug-likeness (QED) is 0.0403. The number of hydrogen-bond donors (Lipinski definition) is 7. The number of nitrogens with one attached hydrogen (secondary N) is 6. The molecule has 0 radical (unpaired) electrons. The highest BCUT2D eigenvalue weighted by Gasteiger charge is 2.45. The molecule has 77 heavy (non-hydrogen) atoms. The number of aryl methyl sites for hydroxylation is 4. The summed E-state index contributed by atoms with van der Waals surface area (Å²) in [6.45, 7) is 18.6. The minimum atomic E-state index is -1.45. The van der Waals surface area contributed by atoms with E-state index in [1.54, 1.807) is 90.5 Å². The Hall–Kier alpha value is -7.20. The highest BCUT2D eigenvalue weighted by atomic mass is 16.5. The summed E-state index contributed by atoms with van der Waals surface area (Å²) in [5.74, 6) is -1.72. The number of benzene rings is 1. The molecule has 3 aliphatic heterocycles. The molecule has 0 aliphatic carbocycles. The highest BCUT2D eigenvalue weighted by molar-refractivity contribution is 6.08. The smallest absolute Gasteiger partial charge is 0.272 e. The molecule has 21 nitrogen and oxygen atoms in total. The molecule has 21 heteroatoms. The van der Waals surface area contributed by atoms with Crippen molar-refractivity contribution in [3.05, 3.63) is 107 Å². The van der Waals surface area contributed by atoms with Gasteiger partial charge in [-0.25, -0.2) is 0 Å². The van der Waals surface area contributed by atoms with Crippen molar-refractivity contribution < 1.29 is 38.2 Å². The summed E-state index contributed by atoms with van der Waals surface area (Å²) >= 11 is 0. The van der Waals surface area contributed by atoms with Crippen molar-refractivity contribution in [2.45, 2.75) is 78.4 Å². The zero-order valence-corrected chi connectivity index (χ0v) is 45.5. The fourth-order valence-corrected chi connectivity index (χ4v) is 10.0. The number of ether oxygens (including phenoxy) is 2. The van der Waals surface area contributed by atoms with Gasteiger partial charge in [-0.15, -0.1) is 0 Å². The maximum absolute atomic E-state index is 14.2. The van der Waals surface area contributed by atoms with Crippen LogP contribution in [0.5, 0.6) is 0 Å². The molecule has 8 rings (SSSR count). The van der Waals surface area contributed by atoms with Crippen LogP contribution in [0.1, 0.15) is 117 Å². The van der Waals surface area contributed by atoms with Gasteiger partial charge in [-0.3, -0.25) is 38.6 Å². The van der Waals surface area contributed by atoms with Gasteiger partial charge in [0.25, 0.3) is 29.5 Å². The molecule has 3 aliphatic rings. The zero-order chi connectivity index (χ0) is 54.8. The lowest BCUT2D eigenvalue weighted by Crippen LogP contribution is -2.46. The van der Waals surface area contributed by atoms with Crippen LogP contribution in [0.4, 0.5) is 22.7 Å². The minimum absolute atomic E-state index is 0.103. The number of amides is 6. The van der Waals surface area contributed by atoms with Crippen LogP contribution in [0.25, 0.3) is 0 Å². The maximum atomic E-state index is 14.2. The number of primary amides is 1. The van der Waals surface area contributed by atoms with Crippen LogP contribution in [0.15, 0.2) is 67.3 Å². The Labute approximate surface area is 450 Å². The minimum Gasteiger partial charge on any atom is -0.379 e. The Morgan fingerprint density at radius 2 is 1.05 bits per heavy atom. The van der Waals surface area contributed by atoms with Crippen molar-refractivity contribution in [2.75, 3.05) is 100 Å². The third-order valence-corrected chi connectivity index (χ3v) is 14.6. The number of nitrogens with two attached hydrogens (primary N) is 1. The average Bonchev–Trinajstić information content (AvgIpc) is 4.27. The molecule has 4 aromatic heterocycles. The molecule has 1 aromatic carbocycles. The number of carbonyl (C=O) groups excluding carboxylic acids is 6. The monoisotopic (exact) mass is 1060 g/mol. The molecule has 0 spiro atoms. The van der Waals surface area contributed by atoms with Crippen LogP contribution < -0.4 is 37.6 Å². The summed E-state index contributed by atoms with van der Waals surface area (Å²) < 4.78 is 17.9. The van der Waals surface area contributed by atoms with Crippen molar-refractivity contribution in [3.63, 3.8) is 0 Å². The van der Waals surface area contributed by atoms with Crippen LogP contribution in [0.3, 0.4) is 0 Å². The number of morpholine rings is 2. The highest BCUT2D eigenvalue weighted by Crippen LogP contribution is 2.41. The number of anilines is 4. The Bertz CT molecular complexity index is 2920. The summed E-state index contributed by atoms with van der Waals surface area (Å²) in [6, 6.07) is 11.7. The summed E-state index contributed by atoms with van der Waals surface area (Å²) in [6.07, 6.45) is 10.2. The number of carbonyl (C=O) groups is 6. The van der Waals surface area contributed by atoms with Gasteiger partial charge < -0.3 is 65.4 Å². The van der Waals surface area contributed by atoms with Gasteiger partial charge in [0.2, 0.25) is 5.91 Å². The summed E-state index contributed by atoms with van der Waals surface area (Å²) in [7, 11) is 3.51. The zero-order valence-electron chi connectivity index (χ0n) is 45.5. The van der Waals surface area contributed by atoms with Gasteiger partial charge in [-0.05, 0) is 98.6 Å². The number of hydrogen-bond acceptors (Lipinski definition) is 11. The number of fused-ring (bicyclic) bond motifs is 1. The Morgan fingerprint density at radius 3 is 1.56 bits per heavy atom. The first-order valence-electron chi connectivity index (χ1n) is 27.0. The van der Waals surface area contributed by atoms with Crippen LogP contribution in [0.2, 0.25) is 0 Å². The van der Waals surface area contributed by atoms with E-state index >= 15 is 0 Å². The van der Waals surface area contributed by atoms with Crippen molar-refractivity contribution in [3.8, 4) is 0 Å². The van der Waals surface area contributed by atoms with Gasteiger partial charge in [0.05, 0.1) is 43.5 Å². The largest absolute Gasteiger partial charge is 0.379 e. The molecule has 5 aromatic rings. The van der Waals surface area contributed by atoms with Crippen LogP contribution in [-0.2, 0) is 53.4 Å². The van der Waals surface area contributed by atoms with Gasteiger partial charge in [-0.1, -0.05) is 27.7 Å². The Kier molecular flexibility index (Phi) is 18.4. The van der Waals surface area contributed by atoms with Gasteiger partial charge >= 0.3 is 0 Å². The molecule has 7 heterocycles. The summed E-state index contributed by atoms with van der Waals surface area (Å²) in [5.41, 5.74) is 9.67. The van der Waals surface area contributed by atoms with E-state index in [4.69, 9.17) is 15.2 Å². The normalized spacial score (nSPS) is 16.8. The molecular formula is C56H77N13O8. The predicted octanol–water partition coefficient (Wildman–Crippen LogP) is 5.07. The standard InChI is InChI=1S/C56H77N13O8/c1-37(2)11-17-68-33-41(28-48(68)53(73)61-42-29-46(64(5)34-42)51(71)58-13-7-15-66-19-23-76-24-20-66)56(55(57)75)32-40-27-39(9-10-45(40)63-56)50(70)60-44-31-49(69(36-44)18-12-38(3)4)54(74)62-43-30-47(65(6)35-43)52(72)59-14-8-16-67-21-25-77-26-22-67/h9-10,27-31,33-38,63H,7-8,11-26,32H2,1-6H3,(H2,57,75)(H,58,71)(H,59,72)(H,60,70)(H,61,73)(H,62,74). The third kappa shape index (κ3) is 14.1. The molecule has 8 N–H and O–H groups in total. The SMILES string of the molecule is CC(C)CCn1cc(NC(=O)c2ccc3c(c2)CC(C(N)=O)(c2cc(C(=O)Nc4cc(C(=O)NCCCN5CCOCC5)n(C)c4)n(CCC(C)C)c2)N3)cc1C(=O)Nc1cc(C(=O)NCCCN2CCOCC2)n(C)c1. The third-order valence-electron chi connectivity index (χ3n) is 14.6. The number of nitrogens with zero attached hydrogens (tertiary/aromatic N) is 6. The maximum Gasteiger partial charge on any atom is 0.272 e. The average molecular weight is 1060 g/mol. The van der Waals surface area contributed by atoms with Crippen molar-refractivity contribution >= 4 is 58.2 Å². The topological polar surface area (TPSA) is 245 Å². The van der Waals surface area contributed by atoms with Crippen molar-refractivity contribution in [1.82, 2.24) is 38.7 Å². The molecular weight excluding hydrogens is 983 g/mol. The molecule has 2 fully saturated rings. The molecule has 1 unspecified atom stereocenters. The van der Waals surface area contributed by atoms with E-state index < -0.39 is 29.2 Å². The first-order valence-corrected chi connectivity index (χ1v) is 27.0. The lowest BCUT2D eigenvalue weighted by atomic mass is 9.87. The molecule has 6 amide bonds. The van der Waals surface area contributed by atoms with Gasteiger partial charge in [-0.2, -0.15) is 0 Å². The Balaban J connectivity index is 0.926. The number of aromatic nitrogens is 4. The van der Waals surface area contributed by atoms with Gasteiger partial charge in [0, 0.05) is 114 Å². The van der Waals surface area contributed by atoms with Crippen molar-refractivity contribution in [2.24, 2.45) is 31.7 Å². The van der Waals surface area contributed by atoms with Crippen molar-refractivity contribution in [1.29, 1.82) is 0 Å². The van der Waals surface area contributed by atoms with Crippen LogP contribution in [-0.4, -0.2) is 142 Å². The van der Waals surface area contributed by atoms with Crippen LogP contribution >= 0.6 is 0 Å². The molecule has 0 bridgehead atoms. The first kappa shape index (κ1) is 56.0. The fourth-order valence-electron chi connectivity index (χ4n) is 10.0. The lowest BCUT2D eigenvalue weighted by Gasteiger charge is -2.26. The summed E-state index contributed by atoms with van der Waals surface area (Å²) in [4.78, 5) is 86.8. The summed E-state index contributed by atoms with van der Waals surface area (Å²) in [5, 5.41) is 18.2. The molecule has 1 atom stereocenters. The lowest BCUT2D eigenvalue weighted by molar-refractivity contribution is -0.122. The van der Waals surface area contributed by atoms with E-state index in [1.165, 1.54) is 0 Å².